The number of aromatic nitrogens is 1. The molecule has 0 saturated heterocycles. The lowest BCUT2D eigenvalue weighted by Crippen LogP contribution is -2.12. The smallest absolute Gasteiger partial charge is 0.338 e. The number of nitrogens with zero attached hydrogens (tertiary/aromatic N) is 1. The van der Waals surface area contributed by atoms with Crippen LogP contribution in [0.25, 0.3) is 5.52 Å². The molecule has 2 N–H and O–H groups in total. The Labute approximate surface area is 113 Å². The van der Waals surface area contributed by atoms with Crippen LogP contribution in [0, 0.1) is 0 Å². The molecule has 0 bridgehead atoms. The Morgan fingerprint density at radius 1 is 1.15 bits per heavy atom. The quantitative estimate of drug-likeness (QED) is 0.809. The second-order valence-electron chi connectivity index (χ2n) is 4.02. The monoisotopic (exact) mass is 277 g/mol. The number of fused-ring (bicyclic) bond motifs is 1. The highest BCUT2D eigenvalue weighted by atomic mass is 16.5. The fraction of sp³-hybridized carbons (Fsp3) is 0.154. The summed E-state index contributed by atoms with van der Waals surface area (Å²) in [5, 5.41) is 18.5. The van der Waals surface area contributed by atoms with Crippen molar-refractivity contribution in [1.29, 1.82) is 0 Å². The van der Waals surface area contributed by atoms with Gasteiger partial charge in [-0.25, -0.2) is 9.59 Å². The molecule has 0 spiro atoms. The lowest BCUT2D eigenvalue weighted by molar-refractivity contribution is -0.139. The van der Waals surface area contributed by atoms with Gasteiger partial charge in [-0.15, -0.1) is 0 Å². The zero-order chi connectivity index (χ0) is 14.9. The van der Waals surface area contributed by atoms with Crippen LogP contribution >= 0.6 is 0 Å². The van der Waals surface area contributed by atoms with Crippen LogP contribution in [-0.2, 0) is 16.0 Å². The third-order valence-corrected chi connectivity index (χ3v) is 2.91. The Morgan fingerprint density at radius 3 is 2.35 bits per heavy atom. The Bertz CT molecular complexity index is 715. The maximum absolute atomic E-state index is 11.4. The molecule has 104 valence electrons. The number of carbonyl (C=O) groups excluding carboxylic acids is 1. The fourth-order valence-corrected chi connectivity index (χ4v) is 2.10. The third kappa shape index (κ3) is 2.09. The zero-order valence-electron chi connectivity index (χ0n) is 10.5. The Balaban J connectivity index is 2.83. The first kappa shape index (κ1) is 13.6. The fourth-order valence-electron chi connectivity index (χ4n) is 2.10. The molecule has 2 aromatic heterocycles. The molecule has 7 heteroatoms. The predicted octanol–water partition coefficient (Wildman–Crippen LogP) is 1.05. The third-order valence-electron chi connectivity index (χ3n) is 2.91. The largest absolute Gasteiger partial charge is 0.478 e. The highest BCUT2D eigenvalue weighted by molar-refractivity contribution is 6.08. The molecule has 0 amide bonds. The van der Waals surface area contributed by atoms with Crippen LogP contribution in [0.5, 0.6) is 0 Å². The van der Waals surface area contributed by atoms with Gasteiger partial charge in [0.2, 0.25) is 0 Å². The van der Waals surface area contributed by atoms with E-state index in [2.05, 4.69) is 4.74 Å². The minimum atomic E-state index is -1.40. The van der Waals surface area contributed by atoms with Crippen LogP contribution < -0.4 is 0 Å². The van der Waals surface area contributed by atoms with Gasteiger partial charge in [0.05, 0.1) is 30.2 Å². The maximum Gasteiger partial charge on any atom is 0.338 e. The number of carboxylic acids is 2. The molecule has 0 aromatic carbocycles. The standard InChI is InChI=1S/C13H11NO6/c1-20-9(15)6-8-11(13(18)19)10(12(16)17)7-4-2-3-5-14(7)8/h2-5H,6H2,1H3,(H,16,17)(H,18,19). The number of carbonyl (C=O) groups is 3. The second kappa shape index (κ2) is 5.04. The van der Waals surface area contributed by atoms with Crippen LogP contribution in [0.1, 0.15) is 26.4 Å². The molecule has 7 nitrogen and oxygen atoms in total. The van der Waals surface area contributed by atoms with Gasteiger partial charge in [0.1, 0.15) is 0 Å². The number of hydrogen-bond acceptors (Lipinski definition) is 4. The van der Waals surface area contributed by atoms with E-state index >= 15 is 0 Å². The average Bonchev–Trinajstić information content (AvgIpc) is 2.73. The molecule has 2 aromatic rings. The van der Waals surface area contributed by atoms with Crippen molar-refractivity contribution in [1.82, 2.24) is 4.40 Å². The van der Waals surface area contributed by atoms with E-state index in [9.17, 15) is 24.6 Å². The highest BCUT2D eigenvalue weighted by Crippen LogP contribution is 2.25. The highest BCUT2D eigenvalue weighted by Gasteiger charge is 2.28. The van der Waals surface area contributed by atoms with Crippen molar-refractivity contribution < 1.29 is 29.3 Å². The van der Waals surface area contributed by atoms with E-state index in [1.807, 2.05) is 0 Å². The summed E-state index contributed by atoms with van der Waals surface area (Å²) < 4.78 is 5.89. The summed E-state index contributed by atoms with van der Waals surface area (Å²) in [6, 6.07) is 4.69. The summed E-state index contributed by atoms with van der Waals surface area (Å²) in [5.74, 6) is -3.40. The molecule has 2 rings (SSSR count). The number of ether oxygens (including phenoxy) is 1. The molecule has 20 heavy (non-hydrogen) atoms. The number of rotatable bonds is 4. The summed E-state index contributed by atoms with van der Waals surface area (Å²) in [7, 11) is 1.18. The minimum Gasteiger partial charge on any atom is -0.478 e. The Kier molecular flexibility index (Phi) is 3.43. The topological polar surface area (TPSA) is 105 Å². The molecule has 0 radical (unpaired) electrons. The van der Waals surface area contributed by atoms with E-state index in [0.717, 1.165) is 0 Å². The van der Waals surface area contributed by atoms with Gasteiger partial charge in [0, 0.05) is 11.9 Å². The lowest BCUT2D eigenvalue weighted by Gasteiger charge is -2.03. The Morgan fingerprint density at radius 2 is 1.80 bits per heavy atom. The van der Waals surface area contributed by atoms with E-state index in [1.165, 1.54) is 23.8 Å². The molecule has 0 saturated carbocycles. The molecule has 0 fully saturated rings. The van der Waals surface area contributed by atoms with Gasteiger partial charge >= 0.3 is 17.9 Å². The SMILES string of the molecule is COC(=O)Cc1c(C(=O)O)c(C(=O)O)c2ccccn12. The predicted molar refractivity (Wildman–Crippen MR) is 67.0 cm³/mol. The molecule has 0 unspecified atom stereocenters. The van der Waals surface area contributed by atoms with Gasteiger partial charge < -0.3 is 19.4 Å². The zero-order valence-corrected chi connectivity index (χ0v) is 10.5. The molecule has 0 atom stereocenters. The van der Waals surface area contributed by atoms with Gasteiger partial charge in [-0.1, -0.05) is 6.07 Å². The van der Waals surface area contributed by atoms with Crippen LogP contribution in [0.2, 0.25) is 0 Å². The van der Waals surface area contributed by atoms with Gasteiger partial charge in [-0.2, -0.15) is 0 Å². The average molecular weight is 277 g/mol. The summed E-state index contributed by atoms with van der Waals surface area (Å²) in [5.41, 5.74) is -0.431. The van der Waals surface area contributed by atoms with Crippen molar-refractivity contribution in [3.63, 3.8) is 0 Å². The maximum atomic E-state index is 11.4. The normalized spacial score (nSPS) is 10.4. The van der Waals surface area contributed by atoms with Gasteiger partial charge in [-0.3, -0.25) is 4.79 Å². The molecular formula is C13H11NO6. The number of esters is 1. The lowest BCUT2D eigenvalue weighted by atomic mass is 10.1. The number of hydrogen-bond donors (Lipinski definition) is 2. The van der Waals surface area contributed by atoms with E-state index in [-0.39, 0.29) is 23.2 Å². The molecule has 0 aliphatic heterocycles. The summed E-state index contributed by atoms with van der Waals surface area (Å²) in [6.45, 7) is 0. The number of aromatic carboxylic acids is 2. The van der Waals surface area contributed by atoms with E-state index < -0.39 is 23.5 Å². The molecule has 2 heterocycles. The number of pyridine rings is 1. The Hall–Kier alpha value is -2.83. The molecular weight excluding hydrogens is 266 g/mol. The van der Waals surface area contributed by atoms with Crippen molar-refractivity contribution in [2.45, 2.75) is 6.42 Å². The first-order valence-corrected chi connectivity index (χ1v) is 5.62. The van der Waals surface area contributed by atoms with Crippen molar-refractivity contribution >= 4 is 23.4 Å². The van der Waals surface area contributed by atoms with Crippen LogP contribution in [0.15, 0.2) is 24.4 Å². The number of carboxylic acid groups (broad SMARTS) is 2. The van der Waals surface area contributed by atoms with Gasteiger partial charge in [0.25, 0.3) is 0 Å². The summed E-state index contributed by atoms with van der Waals surface area (Å²) in [6.07, 6.45) is 1.18. The summed E-state index contributed by atoms with van der Waals surface area (Å²) in [4.78, 5) is 34.1. The van der Waals surface area contributed by atoms with Crippen molar-refractivity contribution in [3.05, 3.63) is 41.2 Å². The van der Waals surface area contributed by atoms with Crippen LogP contribution in [-0.4, -0.2) is 39.6 Å². The second-order valence-corrected chi connectivity index (χ2v) is 4.02. The van der Waals surface area contributed by atoms with Crippen LogP contribution in [0.3, 0.4) is 0 Å². The minimum absolute atomic E-state index is 0.0809. The van der Waals surface area contributed by atoms with Crippen LogP contribution in [0.4, 0.5) is 0 Å². The van der Waals surface area contributed by atoms with Crippen molar-refractivity contribution in [3.8, 4) is 0 Å². The van der Waals surface area contributed by atoms with E-state index in [1.54, 1.807) is 12.1 Å². The first-order chi connectivity index (χ1) is 9.47. The molecule has 0 aliphatic carbocycles. The van der Waals surface area contributed by atoms with E-state index in [4.69, 9.17) is 0 Å². The number of methoxy groups -OCH3 is 1. The summed E-state index contributed by atoms with van der Waals surface area (Å²) >= 11 is 0. The van der Waals surface area contributed by atoms with Crippen molar-refractivity contribution in [2.24, 2.45) is 0 Å². The first-order valence-electron chi connectivity index (χ1n) is 5.62. The van der Waals surface area contributed by atoms with Crippen molar-refractivity contribution in [2.75, 3.05) is 7.11 Å². The van der Waals surface area contributed by atoms with Gasteiger partial charge in [-0.05, 0) is 12.1 Å². The van der Waals surface area contributed by atoms with Gasteiger partial charge in [0.15, 0.2) is 0 Å². The van der Waals surface area contributed by atoms with E-state index in [0.29, 0.717) is 0 Å². The molecule has 0 aliphatic rings.